The Kier molecular flexibility index (Phi) is 3.40. The molecule has 0 amide bonds. The van der Waals surface area contributed by atoms with Gasteiger partial charge >= 0.3 is 0 Å². The lowest BCUT2D eigenvalue weighted by Gasteiger charge is -2.07. The number of benzene rings is 2. The SMILES string of the molecule is Nc1nc2cc(Cl)c(F)cc2n1Cc1ccc(Br)cc1. The maximum absolute atomic E-state index is 13.6. The van der Waals surface area contributed by atoms with Crippen LogP contribution in [0.4, 0.5) is 10.3 Å². The van der Waals surface area contributed by atoms with Gasteiger partial charge in [-0.15, -0.1) is 0 Å². The van der Waals surface area contributed by atoms with Gasteiger partial charge in [-0.25, -0.2) is 9.37 Å². The van der Waals surface area contributed by atoms with Crippen molar-refractivity contribution in [3.63, 3.8) is 0 Å². The molecule has 1 heterocycles. The molecular weight excluding hydrogens is 345 g/mol. The highest BCUT2D eigenvalue weighted by Crippen LogP contribution is 2.25. The Morgan fingerprint density at radius 1 is 1.25 bits per heavy atom. The molecule has 1 aromatic heterocycles. The summed E-state index contributed by atoms with van der Waals surface area (Å²) < 4.78 is 16.4. The first-order chi connectivity index (χ1) is 9.54. The van der Waals surface area contributed by atoms with E-state index in [1.165, 1.54) is 12.1 Å². The summed E-state index contributed by atoms with van der Waals surface area (Å²) in [7, 11) is 0. The molecule has 0 saturated heterocycles. The number of imidazole rings is 1. The second kappa shape index (κ2) is 5.07. The van der Waals surface area contributed by atoms with E-state index in [1.807, 2.05) is 24.3 Å². The molecule has 20 heavy (non-hydrogen) atoms. The zero-order chi connectivity index (χ0) is 14.3. The molecule has 0 aliphatic heterocycles. The van der Waals surface area contributed by atoms with Crippen molar-refractivity contribution in [3.05, 3.63) is 57.3 Å². The molecule has 0 saturated carbocycles. The zero-order valence-electron chi connectivity index (χ0n) is 10.3. The van der Waals surface area contributed by atoms with Gasteiger partial charge in [-0.1, -0.05) is 39.7 Å². The minimum absolute atomic E-state index is 0.0470. The Bertz CT molecular complexity index is 783. The largest absolute Gasteiger partial charge is 0.369 e. The van der Waals surface area contributed by atoms with Crippen LogP contribution in [0.15, 0.2) is 40.9 Å². The van der Waals surface area contributed by atoms with Crippen molar-refractivity contribution in [2.24, 2.45) is 0 Å². The van der Waals surface area contributed by atoms with Crippen LogP contribution in [0.25, 0.3) is 11.0 Å². The smallest absolute Gasteiger partial charge is 0.201 e. The van der Waals surface area contributed by atoms with Crippen molar-refractivity contribution in [2.45, 2.75) is 6.54 Å². The first-order valence-electron chi connectivity index (χ1n) is 5.90. The molecule has 3 nitrogen and oxygen atoms in total. The first-order valence-corrected chi connectivity index (χ1v) is 7.07. The van der Waals surface area contributed by atoms with Crippen LogP contribution >= 0.6 is 27.5 Å². The summed E-state index contributed by atoms with van der Waals surface area (Å²) in [5.74, 6) is -0.138. The normalized spacial score (nSPS) is 11.2. The van der Waals surface area contributed by atoms with Gasteiger partial charge in [0.2, 0.25) is 5.95 Å². The number of fused-ring (bicyclic) bond motifs is 1. The van der Waals surface area contributed by atoms with E-state index in [0.29, 0.717) is 23.5 Å². The van der Waals surface area contributed by atoms with E-state index in [1.54, 1.807) is 4.57 Å². The third kappa shape index (κ3) is 2.39. The summed E-state index contributed by atoms with van der Waals surface area (Å²) in [6, 6.07) is 10.7. The molecule has 0 radical (unpaired) electrons. The van der Waals surface area contributed by atoms with Crippen molar-refractivity contribution < 1.29 is 4.39 Å². The molecule has 3 rings (SSSR count). The van der Waals surface area contributed by atoms with E-state index in [9.17, 15) is 4.39 Å². The topological polar surface area (TPSA) is 43.8 Å². The van der Waals surface area contributed by atoms with Gasteiger partial charge < -0.3 is 10.3 Å². The summed E-state index contributed by atoms with van der Waals surface area (Å²) in [6.07, 6.45) is 0. The molecular formula is C14H10BrClFN3. The number of nitrogens with two attached hydrogens (primary N) is 1. The number of hydrogen-bond donors (Lipinski definition) is 1. The predicted molar refractivity (Wildman–Crippen MR) is 82.4 cm³/mol. The minimum atomic E-state index is -0.476. The van der Waals surface area contributed by atoms with E-state index in [2.05, 4.69) is 20.9 Å². The van der Waals surface area contributed by atoms with Crippen molar-refractivity contribution in [1.82, 2.24) is 9.55 Å². The van der Waals surface area contributed by atoms with Crippen LogP contribution in [0.5, 0.6) is 0 Å². The van der Waals surface area contributed by atoms with Gasteiger partial charge in [0, 0.05) is 10.5 Å². The number of hydrogen-bond acceptors (Lipinski definition) is 2. The summed E-state index contributed by atoms with van der Waals surface area (Å²) in [5.41, 5.74) is 8.18. The lowest BCUT2D eigenvalue weighted by atomic mass is 10.2. The summed E-state index contributed by atoms with van der Waals surface area (Å²) >= 11 is 9.14. The second-order valence-electron chi connectivity index (χ2n) is 4.44. The summed E-state index contributed by atoms with van der Waals surface area (Å²) in [5, 5.41) is 0.0470. The Hall–Kier alpha value is -1.59. The Balaban J connectivity index is 2.08. The standard InChI is InChI=1S/C14H10BrClFN3/c15-9-3-1-8(2-4-9)7-20-13-6-11(17)10(16)5-12(13)19-14(20)18/h1-6H,7H2,(H2,18,19). The van der Waals surface area contributed by atoms with Crippen LogP contribution in [0, 0.1) is 5.82 Å². The third-order valence-corrected chi connectivity index (χ3v) is 3.89. The predicted octanol–water partition coefficient (Wildman–Crippen LogP) is 4.22. The second-order valence-corrected chi connectivity index (χ2v) is 5.76. The van der Waals surface area contributed by atoms with Gasteiger partial charge in [0.25, 0.3) is 0 Å². The molecule has 0 bridgehead atoms. The van der Waals surface area contributed by atoms with Crippen LogP contribution < -0.4 is 5.73 Å². The highest BCUT2D eigenvalue weighted by atomic mass is 79.9. The fourth-order valence-electron chi connectivity index (χ4n) is 2.08. The van der Waals surface area contributed by atoms with E-state index >= 15 is 0 Å². The fraction of sp³-hybridized carbons (Fsp3) is 0.0714. The molecule has 102 valence electrons. The molecule has 0 atom stereocenters. The van der Waals surface area contributed by atoms with Gasteiger partial charge in [0.15, 0.2) is 0 Å². The molecule has 3 aromatic rings. The van der Waals surface area contributed by atoms with Crippen molar-refractivity contribution >= 4 is 44.5 Å². The van der Waals surface area contributed by atoms with Gasteiger partial charge in [0.05, 0.1) is 22.6 Å². The monoisotopic (exact) mass is 353 g/mol. The fourth-order valence-corrected chi connectivity index (χ4v) is 2.50. The van der Waals surface area contributed by atoms with Gasteiger partial charge in [-0.05, 0) is 23.8 Å². The average molecular weight is 355 g/mol. The van der Waals surface area contributed by atoms with E-state index < -0.39 is 5.82 Å². The highest BCUT2D eigenvalue weighted by molar-refractivity contribution is 9.10. The Labute approximate surface area is 128 Å². The van der Waals surface area contributed by atoms with Crippen molar-refractivity contribution in [1.29, 1.82) is 0 Å². The van der Waals surface area contributed by atoms with Crippen LogP contribution in [-0.2, 0) is 6.54 Å². The molecule has 0 fully saturated rings. The van der Waals surface area contributed by atoms with Crippen molar-refractivity contribution in [2.75, 3.05) is 5.73 Å². The zero-order valence-corrected chi connectivity index (χ0v) is 12.6. The Morgan fingerprint density at radius 3 is 2.65 bits per heavy atom. The van der Waals surface area contributed by atoms with Crippen LogP contribution in [0.1, 0.15) is 5.56 Å². The van der Waals surface area contributed by atoms with Gasteiger partial charge in [-0.2, -0.15) is 0 Å². The maximum Gasteiger partial charge on any atom is 0.201 e. The quantitative estimate of drug-likeness (QED) is 0.749. The highest BCUT2D eigenvalue weighted by Gasteiger charge is 2.12. The van der Waals surface area contributed by atoms with Crippen LogP contribution in [-0.4, -0.2) is 9.55 Å². The number of nitrogens with zero attached hydrogens (tertiary/aromatic N) is 2. The van der Waals surface area contributed by atoms with Gasteiger partial charge in [0.1, 0.15) is 5.82 Å². The minimum Gasteiger partial charge on any atom is -0.369 e. The summed E-state index contributed by atoms with van der Waals surface area (Å²) in [6.45, 7) is 0.524. The molecule has 2 aromatic carbocycles. The average Bonchev–Trinajstić information content (AvgIpc) is 2.69. The first kappa shape index (κ1) is 13.4. The maximum atomic E-state index is 13.6. The van der Waals surface area contributed by atoms with E-state index in [4.69, 9.17) is 17.3 Å². The number of rotatable bonds is 2. The molecule has 6 heteroatoms. The lowest BCUT2D eigenvalue weighted by Crippen LogP contribution is -2.04. The van der Waals surface area contributed by atoms with Gasteiger partial charge in [-0.3, -0.25) is 0 Å². The van der Waals surface area contributed by atoms with Crippen molar-refractivity contribution in [3.8, 4) is 0 Å². The Morgan fingerprint density at radius 2 is 1.95 bits per heavy atom. The number of anilines is 1. The van der Waals surface area contributed by atoms with Crippen LogP contribution in [0.2, 0.25) is 5.02 Å². The lowest BCUT2D eigenvalue weighted by molar-refractivity contribution is 0.629. The molecule has 0 aliphatic rings. The van der Waals surface area contributed by atoms with E-state index in [-0.39, 0.29) is 5.02 Å². The molecule has 0 unspecified atom stereocenters. The summed E-state index contributed by atoms with van der Waals surface area (Å²) in [4.78, 5) is 4.21. The van der Waals surface area contributed by atoms with Crippen LogP contribution in [0.3, 0.4) is 0 Å². The molecule has 0 aliphatic carbocycles. The molecule has 2 N–H and O–H groups in total. The third-order valence-electron chi connectivity index (χ3n) is 3.07. The number of aromatic nitrogens is 2. The van der Waals surface area contributed by atoms with E-state index in [0.717, 1.165) is 10.0 Å². The number of halogens is 3. The number of nitrogen functional groups attached to an aromatic ring is 1. The molecule has 0 spiro atoms.